The Balaban J connectivity index is 1.76. The van der Waals surface area contributed by atoms with Crippen LogP contribution < -0.4 is 0 Å². The molecule has 3 nitrogen and oxygen atoms in total. The predicted octanol–water partition coefficient (Wildman–Crippen LogP) is 3.60. The minimum absolute atomic E-state index is 0.680. The van der Waals surface area contributed by atoms with Gasteiger partial charge in [0.15, 0.2) is 0 Å². The predicted molar refractivity (Wildman–Crippen MR) is 83.3 cm³/mol. The highest BCUT2D eigenvalue weighted by atomic mass is 35.5. The summed E-state index contributed by atoms with van der Waals surface area (Å²) in [6.07, 6.45) is 1.24. The van der Waals surface area contributed by atoms with Gasteiger partial charge in [-0.15, -0.1) is 0 Å². The van der Waals surface area contributed by atoms with Crippen LogP contribution in [0.3, 0.4) is 0 Å². The molecule has 1 aromatic carbocycles. The van der Waals surface area contributed by atoms with E-state index in [9.17, 15) is 0 Å². The van der Waals surface area contributed by atoms with Gasteiger partial charge in [-0.1, -0.05) is 11.6 Å². The van der Waals surface area contributed by atoms with Gasteiger partial charge in [-0.2, -0.15) is 0 Å². The molecule has 2 heterocycles. The Hall–Kier alpha value is -1.03. The number of hydrogen-bond acceptors (Lipinski definition) is 2. The molecule has 1 unspecified atom stereocenters. The van der Waals surface area contributed by atoms with Crippen molar-refractivity contribution in [2.45, 2.75) is 19.9 Å². The Labute approximate surface area is 124 Å². The van der Waals surface area contributed by atoms with Gasteiger partial charge in [-0.3, -0.25) is 4.90 Å². The fourth-order valence-corrected chi connectivity index (χ4v) is 3.34. The minimum Gasteiger partial charge on any atom is -0.384 e. The zero-order valence-corrected chi connectivity index (χ0v) is 12.8. The van der Waals surface area contributed by atoms with E-state index in [4.69, 9.17) is 16.3 Å². The maximum absolute atomic E-state index is 6.09. The van der Waals surface area contributed by atoms with Crippen LogP contribution in [0.1, 0.15) is 17.7 Å². The lowest BCUT2D eigenvalue weighted by molar-refractivity contribution is 0.152. The van der Waals surface area contributed by atoms with Crippen molar-refractivity contribution in [1.29, 1.82) is 0 Å². The molecule has 0 aliphatic carbocycles. The molecule has 3 rings (SSSR count). The fraction of sp³-hybridized carbons (Fsp3) is 0.500. The monoisotopic (exact) mass is 292 g/mol. The summed E-state index contributed by atoms with van der Waals surface area (Å²) in [5.41, 5.74) is 3.80. The number of fused-ring (bicyclic) bond motifs is 1. The maximum Gasteiger partial charge on any atom is 0.0503 e. The number of rotatable bonds is 4. The molecule has 1 aromatic heterocycles. The number of benzene rings is 1. The van der Waals surface area contributed by atoms with Gasteiger partial charge in [-0.05, 0) is 49.6 Å². The fourth-order valence-electron chi connectivity index (χ4n) is 3.16. The second kappa shape index (κ2) is 5.76. The average molecular weight is 293 g/mol. The SMILES string of the molecule is COCC1CCN(Cc2[nH]c3ccc(Cl)cc3c2C)C1. The van der Waals surface area contributed by atoms with Crippen molar-refractivity contribution in [3.8, 4) is 0 Å². The largest absolute Gasteiger partial charge is 0.384 e. The molecule has 1 atom stereocenters. The van der Waals surface area contributed by atoms with E-state index in [0.29, 0.717) is 5.92 Å². The maximum atomic E-state index is 6.09. The number of methoxy groups -OCH3 is 1. The Morgan fingerprint density at radius 1 is 1.45 bits per heavy atom. The third-order valence-electron chi connectivity index (χ3n) is 4.28. The lowest BCUT2D eigenvalue weighted by Gasteiger charge is -2.15. The number of aryl methyl sites for hydroxylation is 1. The molecule has 1 aliphatic heterocycles. The summed E-state index contributed by atoms with van der Waals surface area (Å²) in [7, 11) is 1.79. The molecule has 0 radical (unpaired) electrons. The van der Waals surface area contributed by atoms with Crippen LogP contribution in [-0.2, 0) is 11.3 Å². The second-order valence-electron chi connectivity index (χ2n) is 5.76. The van der Waals surface area contributed by atoms with E-state index >= 15 is 0 Å². The lowest BCUT2D eigenvalue weighted by atomic mass is 10.1. The number of aromatic nitrogens is 1. The van der Waals surface area contributed by atoms with Crippen molar-refractivity contribution in [2.24, 2.45) is 5.92 Å². The van der Waals surface area contributed by atoms with Crippen LogP contribution in [0, 0.1) is 12.8 Å². The highest BCUT2D eigenvalue weighted by Gasteiger charge is 2.23. The summed E-state index contributed by atoms with van der Waals surface area (Å²) in [5.74, 6) is 0.680. The van der Waals surface area contributed by atoms with Crippen LogP contribution in [0.25, 0.3) is 10.9 Å². The highest BCUT2D eigenvalue weighted by Crippen LogP contribution is 2.27. The number of halogens is 1. The van der Waals surface area contributed by atoms with E-state index in [1.54, 1.807) is 7.11 Å². The number of hydrogen-bond donors (Lipinski definition) is 1. The molecule has 0 amide bonds. The van der Waals surface area contributed by atoms with Gasteiger partial charge < -0.3 is 9.72 Å². The van der Waals surface area contributed by atoms with Crippen molar-refractivity contribution < 1.29 is 4.74 Å². The summed E-state index contributed by atoms with van der Waals surface area (Å²) in [6, 6.07) is 6.05. The number of nitrogens with one attached hydrogen (secondary N) is 1. The first-order valence-corrected chi connectivity index (χ1v) is 7.53. The Bertz CT molecular complexity index is 608. The number of likely N-dealkylation sites (tertiary alicyclic amines) is 1. The third-order valence-corrected chi connectivity index (χ3v) is 4.51. The van der Waals surface area contributed by atoms with Crippen LogP contribution in [0.15, 0.2) is 18.2 Å². The first kappa shape index (κ1) is 13.9. The van der Waals surface area contributed by atoms with Gasteiger partial charge in [-0.25, -0.2) is 0 Å². The molecular weight excluding hydrogens is 272 g/mol. The van der Waals surface area contributed by atoms with Gasteiger partial charge in [0.05, 0.1) is 6.61 Å². The molecular formula is C16H21ClN2O. The normalized spacial score (nSPS) is 20.1. The molecule has 0 bridgehead atoms. The molecule has 1 saturated heterocycles. The van der Waals surface area contributed by atoms with Crippen molar-refractivity contribution in [1.82, 2.24) is 9.88 Å². The molecule has 0 spiro atoms. The molecule has 1 aliphatic rings. The van der Waals surface area contributed by atoms with Gasteiger partial charge in [0.25, 0.3) is 0 Å². The van der Waals surface area contributed by atoms with E-state index in [2.05, 4.69) is 22.9 Å². The highest BCUT2D eigenvalue weighted by molar-refractivity contribution is 6.31. The first-order valence-electron chi connectivity index (χ1n) is 7.15. The number of H-pyrrole nitrogens is 1. The third kappa shape index (κ3) is 2.71. The van der Waals surface area contributed by atoms with Crippen LogP contribution in [-0.4, -0.2) is 36.7 Å². The molecule has 108 valence electrons. The first-order chi connectivity index (χ1) is 9.67. The second-order valence-corrected chi connectivity index (χ2v) is 6.20. The van der Waals surface area contributed by atoms with Crippen LogP contribution >= 0.6 is 11.6 Å². The zero-order valence-electron chi connectivity index (χ0n) is 12.1. The summed E-state index contributed by atoms with van der Waals surface area (Å²) >= 11 is 6.09. The molecule has 20 heavy (non-hydrogen) atoms. The van der Waals surface area contributed by atoms with E-state index in [0.717, 1.165) is 31.3 Å². The average Bonchev–Trinajstić information content (AvgIpc) is 2.98. The van der Waals surface area contributed by atoms with E-state index in [-0.39, 0.29) is 0 Å². The molecule has 1 N–H and O–H groups in total. The van der Waals surface area contributed by atoms with Crippen LogP contribution in [0.2, 0.25) is 5.02 Å². The summed E-state index contributed by atoms with van der Waals surface area (Å²) < 4.78 is 5.26. The Kier molecular flexibility index (Phi) is 4.01. The zero-order chi connectivity index (χ0) is 14.1. The smallest absolute Gasteiger partial charge is 0.0503 e. The molecule has 2 aromatic rings. The van der Waals surface area contributed by atoms with Crippen molar-refractivity contribution in [3.05, 3.63) is 34.5 Å². The minimum atomic E-state index is 0.680. The summed E-state index contributed by atoms with van der Waals surface area (Å²) in [5, 5.41) is 2.03. The number of ether oxygens (including phenoxy) is 1. The van der Waals surface area contributed by atoms with E-state index < -0.39 is 0 Å². The quantitative estimate of drug-likeness (QED) is 0.932. The van der Waals surface area contributed by atoms with E-state index in [1.807, 2.05) is 12.1 Å². The molecule has 0 saturated carbocycles. The molecule has 1 fully saturated rings. The number of aromatic amines is 1. The van der Waals surface area contributed by atoms with Crippen molar-refractivity contribution >= 4 is 22.5 Å². The molecule has 4 heteroatoms. The van der Waals surface area contributed by atoms with Gasteiger partial charge in [0.2, 0.25) is 0 Å². The number of nitrogens with zero attached hydrogens (tertiary/aromatic N) is 1. The topological polar surface area (TPSA) is 28.3 Å². The Morgan fingerprint density at radius 2 is 2.30 bits per heavy atom. The van der Waals surface area contributed by atoms with E-state index in [1.165, 1.54) is 28.6 Å². The van der Waals surface area contributed by atoms with Crippen LogP contribution in [0.5, 0.6) is 0 Å². The lowest BCUT2D eigenvalue weighted by Crippen LogP contribution is -2.21. The van der Waals surface area contributed by atoms with Crippen molar-refractivity contribution in [2.75, 3.05) is 26.8 Å². The van der Waals surface area contributed by atoms with Gasteiger partial charge in [0.1, 0.15) is 0 Å². The summed E-state index contributed by atoms with van der Waals surface area (Å²) in [6.45, 7) is 6.32. The van der Waals surface area contributed by atoms with Gasteiger partial charge in [0, 0.05) is 41.8 Å². The standard InChI is InChI=1S/C16H21ClN2O/c1-11-14-7-13(17)3-4-15(14)18-16(11)9-19-6-5-12(8-19)10-20-2/h3-4,7,12,18H,5-6,8-10H2,1-2H3. The van der Waals surface area contributed by atoms with Gasteiger partial charge >= 0.3 is 0 Å². The Morgan fingerprint density at radius 3 is 3.10 bits per heavy atom. The van der Waals surface area contributed by atoms with Crippen molar-refractivity contribution in [3.63, 3.8) is 0 Å². The summed E-state index contributed by atoms with van der Waals surface area (Å²) in [4.78, 5) is 6.04. The van der Waals surface area contributed by atoms with Crippen LogP contribution in [0.4, 0.5) is 0 Å².